The third-order valence-corrected chi connectivity index (χ3v) is 6.66. The maximum absolute atomic E-state index is 13.2. The first kappa shape index (κ1) is 27.9. The van der Waals surface area contributed by atoms with Crippen LogP contribution in [-0.2, 0) is 4.79 Å². The topological polar surface area (TPSA) is 134 Å². The first-order chi connectivity index (χ1) is 21.5. The van der Waals surface area contributed by atoms with Crippen LogP contribution < -0.4 is 20.2 Å². The van der Waals surface area contributed by atoms with E-state index in [9.17, 15) is 14.7 Å². The van der Waals surface area contributed by atoms with Crippen molar-refractivity contribution in [3.05, 3.63) is 132 Å². The van der Waals surface area contributed by atoms with E-state index in [-0.39, 0.29) is 18.2 Å². The summed E-state index contributed by atoms with van der Waals surface area (Å²) in [6.07, 6.45) is 2.78. The number of nitrogens with zero attached hydrogens (tertiary/aromatic N) is 3. The highest BCUT2D eigenvalue weighted by Gasteiger charge is 2.17. The van der Waals surface area contributed by atoms with Crippen LogP contribution >= 0.6 is 0 Å². The zero-order valence-corrected chi connectivity index (χ0v) is 23.2. The minimum atomic E-state index is -0.686. The summed E-state index contributed by atoms with van der Waals surface area (Å²) in [5.41, 5.74) is 4.80. The summed E-state index contributed by atoms with van der Waals surface area (Å²) in [4.78, 5) is 26.1. The first-order valence-corrected chi connectivity index (χ1v) is 13.6. The summed E-state index contributed by atoms with van der Waals surface area (Å²) in [5.74, 6) is -0.114. The number of phenolic OH excluding ortho intramolecular Hbond substituents is 1. The molecule has 0 saturated heterocycles. The number of amides is 2. The first-order valence-electron chi connectivity index (χ1n) is 13.6. The van der Waals surface area contributed by atoms with Gasteiger partial charge in [-0.3, -0.25) is 9.59 Å². The van der Waals surface area contributed by atoms with Crippen molar-refractivity contribution < 1.29 is 24.2 Å². The molecule has 3 N–H and O–H groups in total. The number of rotatable bonds is 8. The van der Waals surface area contributed by atoms with E-state index in [2.05, 4.69) is 26.1 Å². The second kappa shape index (κ2) is 12.7. The Balaban J connectivity index is 1.20. The Morgan fingerprint density at radius 1 is 0.795 bits per heavy atom. The van der Waals surface area contributed by atoms with Crippen LogP contribution in [0.15, 0.2) is 130 Å². The molecular formula is C34H25N5O5. The normalized spacial score (nSPS) is 12.6. The number of hydrogen-bond acceptors (Lipinski definition) is 8. The number of ether oxygens (including phenoxy) is 2. The molecule has 5 aromatic rings. The van der Waals surface area contributed by atoms with Gasteiger partial charge in [0.1, 0.15) is 11.4 Å². The van der Waals surface area contributed by atoms with E-state index in [0.717, 1.165) is 10.8 Å². The van der Waals surface area contributed by atoms with Crippen LogP contribution in [0.25, 0.3) is 16.8 Å². The Hall–Kier alpha value is -6.29. The van der Waals surface area contributed by atoms with Crippen LogP contribution in [0.4, 0.5) is 11.4 Å². The fraction of sp³-hybridized carbons (Fsp3) is 0.0294. The van der Waals surface area contributed by atoms with Crippen LogP contribution in [0.1, 0.15) is 21.5 Å². The number of hydrazone groups is 1. The van der Waals surface area contributed by atoms with Gasteiger partial charge < -0.3 is 19.9 Å². The van der Waals surface area contributed by atoms with E-state index < -0.39 is 11.8 Å². The van der Waals surface area contributed by atoms with Crippen molar-refractivity contribution in [2.75, 3.05) is 6.79 Å². The minimum Gasteiger partial charge on any atom is -0.507 e. The van der Waals surface area contributed by atoms with Gasteiger partial charge in [0, 0.05) is 16.5 Å². The molecule has 0 aliphatic carbocycles. The number of carbonyl (C=O) groups excluding carboxylic acids is 2. The van der Waals surface area contributed by atoms with Crippen molar-refractivity contribution in [1.82, 2.24) is 10.7 Å². The Morgan fingerprint density at radius 2 is 1.59 bits per heavy atom. The van der Waals surface area contributed by atoms with Gasteiger partial charge in [0.15, 0.2) is 11.5 Å². The van der Waals surface area contributed by atoms with Crippen LogP contribution in [0, 0.1) is 0 Å². The number of aromatic hydroxyl groups is 1. The smallest absolute Gasteiger partial charge is 0.287 e. The van der Waals surface area contributed by atoms with Crippen molar-refractivity contribution in [1.29, 1.82) is 0 Å². The molecule has 10 nitrogen and oxygen atoms in total. The standard InChI is InChI=1S/C34H25N5O5/c40-30-15-14-26(37-38-28-12-6-10-23-7-4-5-11-27(23)28)19-25(30)20-35-39-34(42)29(36-33(41)24-8-2-1-3-9-24)17-22-13-16-31-32(18-22)44-21-43-31/h1-20,40H,21H2,(H,36,41)(H,39,42)/b29-17-,35-20+,38-37?. The Bertz CT molecular complexity index is 1950. The molecular weight excluding hydrogens is 558 g/mol. The Kier molecular flexibility index (Phi) is 8.04. The molecule has 0 spiro atoms. The SMILES string of the molecule is O=C(N/N=C/c1cc(N=Nc2cccc3ccccc23)ccc1O)/C(=C/c1ccc2c(c1)OCO2)NC(=O)c1ccccc1. The molecule has 0 atom stereocenters. The highest BCUT2D eigenvalue weighted by atomic mass is 16.7. The number of hydrogen-bond donors (Lipinski definition) is 3. The monoisotopic (exact) mass is 583 g/mol. The molecule has 6 rings (SSSR count). The number of fused-ring (bicyclic) bond motifs is 2. The van der Waals surface area contributed by atoms with Gasteiger partial charge in [-0.05, 0) is 65.6 Å². The van der Waals surface area contributed by atoms with Crippen LogP contribution in [0.3, 0.4) is 0 Å². The lowest BCUT2D eigenvalue weighted by molar-refractivity contribution is -0.117. The molecule has 44 heavy (non-hydrogen) atoms. The largest absolute Gasteiger partial charge is 0.507 e. The summed E-state index contributed by atoms with van der Waals surface area (Å²) in [5, 5.41) is 27.8. The molecule has 0 bridgehead atoms. The lowest BCUT2D eigenvalue weighted by atomic mass is 10.1. The van der Waals surface area contributed by atoms with Gasteiger partial charge in [-0.1, -0.05) is 60.7 Å². The second-order valence-corrected chi connectivity index (χ2v) is 9.63. The predicted molar refractivity (Wildman–Crippen MR) is 166 cm³/mol. The summed E-state index contributed by atoms with van der Waals surface area (Å²) < 4.78 is 10.8. The molecule has 0 fully saturated rings. The number of nitrogens with one attached hydrogen (secondary N) is 2. The quantitative estimate of drug-likeness (QED) is 0.0818. The van der Waals surface area contributed by atoms with Crippen LogP contribution in [0.2, 0.25) is 0 Å². The zero-order chi connectivity index (χ0) is 30.3. The van der Waals surface area contributed by atoms with Gasteiger partial charge in [0.25, 0.3) is 11.8 Å². The van der Waals surface area contributed by atoms with Crippen molar-refractivity contribution in [2.24, 2.45) is 15.3 Å². The molecule has 2 amide bonds. The number of carbonyl (C=O) groups is 2. The highest BCUT2D eigenvalue weighted by molar-refractivity contribution is 6.05. The molecule has 0 aromatic heterocycles. The third kappa shape index (κ3) is 6.44. The summed E-state index contributed by atoms with van der Waals surface area (Å²) in [7, 11) is 0. The minimum absolute atomic E-state index is 0.0586. The number of phenols is 1. The van der Waals surface area contributed by atoms with Gasteiger partial charge in [-0.2, -0.15) is 10.2 Å². The van der Waals surface area contributed by atoms with Gasteiger partial charge in [0.2, 0.25) is 6.79 Å². The molecule has 1 aliphatic heterocycles. The maximum atomic E-state index is 13.2. The number of benzene rings is 5. The maximum Gasteiger partial charge on any atom is 0.287 e. The Labute approximate surface area is 252 Å². The molecule has 0 saturated carbocycles. The Morgan fingerprint density at radius 3 is 2.48 bits per heavy atom. The fourth-order valence-electron chi connectivity index (χ4n) is 4.45. The van der Waals surface area contributed by atoms with Crippen molar-refractivity contribution >= 4 is 46.3 Å². The molecule has 0 radical (unpaired) electrons. The molecule has 5 aromatic carbocycles. The summed E-state index contributed by atoms with van der Waals surface area (Å²) in [6, 6.07) is 32.0. The zero-order valence-electron chi connectivity index (χ0n) is 23.2. The summed E-state index contributed by atoms with van der Waals surface area (Å²) in [6.45, 7) is 0.105. The van der Waals surface area contributed by atoms with Crippen LogP contribution in [0.5, 0.6) is 17.2 Å². The van der Waals surface area contributed by atoms with E-state index in [0.29, 0.717) is 39.6 Å². The fourth-order valence-corrected chi connectivity index (χ4v) is 4.45. The second-order valence-electron chi connectivity index (χ2n) is 9.63. The molecule has 10 heteroatoms. The van der Waals surface area contributed by atoms with E-state index in [4.69, 9.17) is 9.47 Å². The van der Waals surface area contributed by atoms with E-state index in [1.807, 2.05) is 42.5 Å². The molecule has 216 valence electrons. The van der Waals surface area contributed by atoms with E-state index in [1.54, 1.807) is 60.7 Å². The molecule has 1 aliphatic rings. The average Bonchev–Trinajstić information content (AvgIpc) is 3.53. The van der Waals surface area contributed by atoms with Gasteiger partial charge in [-0.15, -0.1) is 5.11 Å². The third-order valence-electron chi connectivity index (χ3n) is 6.66. The van der Waals surface area contributed by atoms with Crippen molar-refractivity contribution in [3.63, 3.8) is 0 Å². The van der Waals surface area contributed by atoms with Gasteiger partial charge >= 0.3 is 0 Å². The molecule has 1 heterocycles. The van der Waals surface area contributed by atoms with Crippen molar-refractivity contribution in [2.45, 2.75) is 0 Å². The predicted octanol–water partition coefficient (Wildman–Crippen LogP) is 6.61. The van der Waals surface area contributed by atoms with Gasteiger partial charge in [-0.25, -0.2) is 5.43 Å². The summed E-state index contributed by atoms with van der Waals surface area (Å²) >= 11 is 0. The lowest BCUT2D eigenvalue weighted by Gasteiger charge is -2.09. The van der Waals surface area contributed by atoms with Crippen molar-refractivity contribution in [3.8, 4) is 17.2 Å². The van der Waals surface area contributed by atoms with E-state index in [1.165, 1.54) is 18.4 Å². The van der Waals surface area contributed by atoms with Gasteiger partial charge in [0.05, 0.1) is 17.6 Å². The average molecular weight is 584 g/mol. The molecule has 0 unspecified atom stereocenters. The number of azo groups is 1. The van der Waals surface area contributed by atoms with Crippen LogP contribution in [-0.4, -0.2) is 29.9 Å². The van der Waals surface area contributed by atoms with E-state index >= 15 is 0 Å². The highest BCUT2D eigenvalue weighted by Crippen LogP contribution is 2.33. The lowest BCUT2D eigenvalue weighted by Crippen LogP contribution is -2.32.